The van der Waals surface area contributed by atoms with Crippen molar-refractivity contribution in [3.05, 3.63) is 52.6 Å². The fourth-order valence-electron chi connectivity index (χ4n) is 1.82. The van der Waals surface area contributed by atoms with Gasteiger partial charge in [-0.3, -0.25) is 0 Å². The van der Waals surface area contributed by atoms with Gasteiger partial charge < -0.3 is 15.0 Å². The average molecular weight is 297 g/mol. The normalized spacial score (nSPS) is 10.6. The zero-order chi connectivity index (χ0) is 14.7. The van der Waals surface area contributed by atoms with Gasteiger partial charge in [-0.2, -0.15) is 0 Å². The molecule has 0 bridgehead atoms. The third-order valence-corrected chi connectivity index (χ3v) is 3.19. The lowest BCUT2D eigenvalue weighted by atomic mass is 10.2. The number of hydrogen-bond donors (Lipinski definition) is 1. The lowest BCUT2D eigenvalue weighted by Crippen LogP contribution is -2.11. The molecule has 0 aliphatic rings. The molecule has 0 aliphatic heterocycles. The Kier molecular flexibility index (Phi) is 4.29. The van der Waals surface area contributed by atoms with Gasteiger partial charge in [0, 0.05) is 18.3 Å². The Hall–Kier alpha value is -2.01. The summed E-state index contributed by atoms with van der Waals surface area (Å²) in [6.45, 7) is 2.48. The van der Waals surface area contributed by atoms with Crippen LogP contribution >= 0.6 is 11.6 Å². The second-order valence-corrected chi connectivity index (χ2v) is 4.66. The Labute approximate surface area is 120 Å². The second kappa shape index (κ2) is 5.96. The number of benzene rings is 1. The van der Waals surface area contributed by atoms with Crippen LogP contribution in [0.4, 0.5) is 10.1 Å². The number of aryl methyl sites for hydroxylation is 1. The Morgan fingerprint density at radius 2 is 2.20 bits per heavy atom. The number of hydrogen-bond acceptors (Lipinski definition) is 3. The highest BCUT2D eigenvalue weighted by atomic mass is 35.5. The fraction of sp³-hybridized carbons (Fsp3) is 0.214. The number of halogens is 2. The van der Waals surface area contributed by atoms with Crippen LogP contribution in [-0.4, -0.2) is 10.5 Å². The van der Waals surface area contributed by atoms with Crippen LogP contribution < -0.4 is 5.73 Å². The van der Waals surface area contributed by atoms with Gasteiger partial charge in [-0.05, 0) is 25.1 Å². The number of aromatic nitrogens is 1. The summed E-state index contributed by atoms with van der Waals surface area (Å²) in [5, 5.41) is 0.225. The van der Waals surface area contributed by atoms with E-state index >= 15 is 0 Å². The Bertz CT molecular complexity index is 640. The maximum Gasteiger partial charge on any atom is 0.355 e. The lowest BCUT2D eigenvalue weighted by molar-refractivity contribution is 0.0460. The van der Waals surface area contributed by atoms with Gasteiger partial charge in [0.2, 0.25) is 0 Å². The molecule has 6 heteroatoms. The van der Waals surface area contributed by atoms with E-state index < -0.39 is 11.8 Å². The van der Waals surface area contributed by atoms with Gasteiger partial charge in [-0.25, -0.2) is 9.18 Å². The number of carbonyl (C=O) groups is 1. The molecule has 0 fully saturated rings. The summed E-state index contributed by atoms with van der Waals surface area (Å²) in [5.74, 6) is -0.929. The minimum atomic E-state index is -0.496. The van der Waals surface area contributed by atoms with E-state index in [4.69, 9.17) is 22.1 Å². The number of nitrogens with zero attached hydrogens (tertiary/aromatic N) is 1. The van der Waals surface area contributed by atoms with Crippen molar-refractivity contribution < 1.29 is 13.9 Å². The fourth-order valence-corrected chi connectivity index (χ4v) is 2.04. The van der Waals surface area contributed by atoms with Crippen molar-refractivity contribution in [1.82, 2.24) is 4.57 Å². The molecule has 106 valence electrons. The summed E-state index contributed by atoms with van der Waals surface area (Å²) in [7, 11) is 0. The van der Waals surface area contributed by atoms with Gasteiger partial charge in [0.25, 0.3) is 0 Å². The van der Waals surface area contributed by atoms with Crippen molar-refractivity contribution in [3.63, 3.8) is 0 Å². The molecule has 0 atom stereocenters. The van der Waals surface area contributed by atoms with Crippen molar-refractivity contribution in [1.29, 1.82) is 0 Å². The zero-order valence-corrected chi connectivity index (χ0v) is 11.7. The average Bonchev–Trinajstić information content (AvgIpc) is 2.78. The number of carbonyl (C=O) groups excluding carboxylic acids is 1. The number of anilines is 1. The van der Waals surface area contributed by atoms with Crippen molar-refractivity contribution in [3.8, 4) is 0 Å². The minimum absolute atomic E-state index is 0.0211. The summed E-state index contributed by atoms with van der Waals surface area (Å²) in [6, 6.07) is 5.48. The van der Waals surface area contributed by atoms with E-state index in [0.717, 1.165) is 0 Å². The molecule has 0 saturated carbocycles. The van der Waals surface area contributed by atoms with Crippen LogP contribution in [0.3, 0.4) is 0 Å². The number of esters is 1. The van der Waals surface area contributed by atoms with Crippen molar-refractivity contribution in [2.75, 3.05) is 5.73 Å². The van der Waals surface area contributed by atoms with E-state index in [1.807, 2.05) is 6.92 Å². The Balaban J connectivity index is 2.08. The molecular weight excluding hydrogens is 283 g/mol. The lowest BCUT2D eigenvalue weighted by Gasteiger charge is -2.08. The molecule has 0 unspecified atom stereocenters. The van der Waals surface area contributed by atoms with E-state index in [-0.39, 0.29) is 11.6 Å². The van der Waals surface area contributed by atoms with E-state index in [1.165, 1.54) is 18.2 Å². The largest absolute Gasteiger partial charge is 0.456 e. The highest BCUT2D eigenvalue weighted by molar-refractivity contribution is 6.31. The minimum Gasteiger partial charge on any atom is -0.456 e. The molecule has 0 aliphatic carbocycles. The van der Waals surface area contributed by atoms with E-state index in [9.17, 15) is 9.18 Å². The van der Waals surface area contributed by atoms with Gasteiger partial charge in [-0.15, -0.1) is 0 Å². The number of rotatable bonds is 4. The molecule has 4 nitrogen and oxygen atoms in total. The number of ether oxygens (including phenoxy) is 1. The van der Waals surface area contributed by atoms with Crippen LogP contribution in [0.5, 0.6) is 0 Å². The van der Waals surface area contributed by atoms with Crippen molar-refractivity contribution >= 4 is 23.3 Å². The first-order valence-electron chi connectivity index (χ1n) is 6.08. The highest BCUT2D eigenvalue weighted by Gasteiger charge is 2.14. The molecule has 0 spiro atoms. The van der Waals surface area contributed by atoms with E-state index in [0.29, 0.717) is 23.5 Å². The topological polar surface area (TPSA) is 57.2 Å². The van der Waals surface area contributed by atoms with Crippen LogP contribution in [0.15, 0.2) is 30.5 Å². The van der Waals surface area contributed by atoms with Crippen LogP contribution in [0, 0.1) is 5.82 Å². The van der Waals surface area contributed by atoms with Crippen LogP contribution in [0.1, 0.15) is 23.0 Å². The Morgan fingerprint density at radius 3 is 2.85 bits per heavy atom. The van der Waals surface area contributed by atoms with Gasteiger partial charge in [0.15, 0.2) is 0 Å². The van der Waals surface area contributed by atoms with Gasteiger partial charge >= 0.3 is 5.97 Å². The zero-order valence-electron chi connectivity index (χ0n) is 10.9. The maximum atomic E-state index is 12.9. The monoisotopic (exact) mass is 296 g/mol. The molecule has 0 saturated heterocycles. The summed E-state index contributed by atoms with van der Waals surface area (Å²) >= 11 is 5.87. The SMILES string of the molecule is CCn1cc(N)cc1C(=O)OCc1ccc(F)cc1Cl. The molecule has 1 aromatic heterocycles. The van der Waals surface area contributed by atoms with Crippen LogP contribution in [0.25, 0.3) is 0 Å². The predicted octanol–water partition coefficient (Wildman–Crippen LogP) is 3.24. The van der Waals surface area contributed by atoms with E-state index in [1.54, 1.807) is 16.8 Å². The molecule has 2 rings (SSSR count). The molecule has 2 N–H and O–H groups in total. The van der Waals surface area contributed by atoms with Gasteiger partial charge in [-0.1, -0.05) is 17.7 Å². The van der Waals surface area contributed by atoms with Crippen molar-refractivity contribution in [2.45, 2.75) is 20.1 Å². The molecule has 20 heavy (non-hydrogen) atoms. The molecule has 1 aromatic carbocycles. The first-order valence-corrected chi connectivity index (χ1v) is 6.45. The van der Waals surface area contributed by atoms with E-state index in [2.05, 4.69) is 0 Å². The molecular formula is C14H14ClFN2O2. The summed E-state index contributed by atoms with van der Waals surface area (Å²) < 4.78 is 19.8. The predicted molar refractivity (Wildman–Crippen MR) is 75.0 cm³/mol. The third-order valence-electron chi connectivity index (χ3n) is 2.84. The smallest absolute Gasteiger partial charge is 0.355 e. The first kappa shape index (κ1) is 14.4. The van der Waals surface area contributed by atoms with Gasteiger partial charge in [0.1, 0.15) is 18.1 Å². The third kappa shape index (κ3) is 3.11. The molecule has 2 aromatic rings. The second-order valence-electron chi connectivity index (χ2n) is 4.26. The number of nitrogen functional groups attached to an aromatic ring is 1. The molecule has 1 heterocycles. The maximum absolute atomic E-state index is 12.9. The first-order chi connectivity index (χ1) is 9.51. The summed E-state index contributed by atoms with van der Waals surface area (Å²) in [4.78, 5) is 12.0. The van der Waals surface area contributed by atoms with Crippen LogP contribution in [-0.2, 0) is 17.9 Å². The van der Waals surface area contributed by atoms with Crippen molar-refractivity contribution in [2.24, 2.45) is 0 Å². The summed E-state index contributed by atoms with van der Waals surface area (Å²) in [5.41, 5.74) is 7.07. The molecule has 0 radical (unpaired) electrons. The quantitative estimate of drug-likeness (QED) is 0.881. The standard InChI is InChI=1S/C14H14ClFN2O2/c1-2-18-7-11(17)6-13(18)14(19)20-8-9-3-4-10(16)5-12(9)15/h3-7H,2,8,17H2,1H3. The van der Waals surface area contributed by atoms with Crippen LogP contribution in [0.2, 0.25) is 5.02 Å². The Morgan fingerprint density at radius 1 is 1.45 bits per heavy atom. The molecule has 0 amide bonds. The number of nitrogens with two attached hydrogens (primary N) is 1. The highest BCUT2D eigenvalue weighted by Crippen LogP contribution is 2.19. The summed E-state index contributed by atoms with van der Waals surface area (Å²) in [6.07, 6.45) is 1.67. The van der Waals surface area contributed by atoms with Gasteiger partial charge in [0.05, 0.1) is 10.7 Å².